The third-order valence-electron chi connectivity index (χ3n) is 5.06. The molecule has 104 valence electrons. The Kier molecular flexibility index (Phi) is 3.90. The fourth-order valence-corrected chi connectivity index (χ4v) is 3.87. The SMILES string of the molecule is CC1CCCC1N1CC(c2ccccc2)NCC1C. The molecule has 0 aromatic heterocycles. The summed E-state index contributed by atoms with van der Waals surface area (Å²) in [4.78, 5) is 2.77. The van der Waals surface area contributed by atoms with E-state index >= 15 is 0 Å². The highest BCUT2D eigenvalue weighted by molar-refractivity contribution is 5.20. The molecule has 1 saturated heterocycles. The van der Waals surface area contributed by atoms with Crippen LogP contribution < -0.4 is 5.32 Å². The van der Waals surface area contributed by atoms with E-state index < -0.39 is 0 Å². The molecule has 0 radical (unpaired) electrons. The number of piperazine rings is 1. The van der Waals surface area contributed by atoms with Crippen LogP contribution in [-0.2, 0) is 0 Å². The quantitative estimate of drug-likeness (QED) is 0.876. The van der Waals surface area contributed by atoms with Gasteiger partial charge < -0.3 is 5.32 Å². The van der Waals surface area contributed by atoms with Gasteiger partial charge in [-0.25, -0.2) is 0 Å². The van der Waals surface area contributed by atoms with Crippen LogP contribution in [-0.4, -0.2) is 30.1 Å². The second-order valence-corrected chi connectivity index (χ2v) is 6.39. The molecule has 19 heavy (non-hydrogen) atoms. The highest BCUT2D eigenvalue weighted by Gasteiger charge is 2.35. The van der Waals surface area contributed by atoms with Crippen LogP contribution in [0.3, 0.4) is 0 Å². The molecule has 3 rings (SSSR count). The van der Waals surface area contributed by atoms with Crippen molar-refractivity contribution in [1.82, 2.24) is 10.2 Å². The lowest BCUT2D eigenvalue weighted by Crippen LogP contribution is -2.55. The molecule has 0 amide bonds. The summed E-state index contributed by atoms with van der Waals surface area (Å²) >= 11 is 0. The van der Waals surface area contributed by atoms with Crippen molar-refractivity contribution >= 4 is 0 Å². The topological polar surface area (TPSA) is 15.3 Å². The molecular weight excluding hydrogens is 232 g/mol. The van der Waals surface area contributed by atoms with Gasteiger partial charge in [0.15, 0.2) is 0 Å². The molecule has 0 bridgehead atoms. The molecule has 2 aliphatic rings. The van der Waals surface area contributed by atoms with Gasteiger partial charge in [0.05, 0.1) is 0 Å². The summed E-state index contributed by atoms with van der Waals surface area (Å²) in [5.41, 5.74) is 1.44. The van der Waals surface area contributed by atoms with Crippen molar-refractivity contribution in [2.45, 2.75) is 51.2 Å². The number of nitrogens with one attached hydrogen (secondary N) is 1. The van der Waals surface area contributed by atoms with Gasteiger partial charge in [0.1, 0.15) is 0 Å². The van der Waals surface area contributed by atoms with Crippen LogP contribution in [0.1, 0.15) is 44.7 Å². The van der Waals surface area contributed by atoms with Gasteiger partial charge >= 0.3 is 0 Å². The number of benzene rings is 1. The van der Waals surface area contributed by atoms with Crippen LogP contribution in [0.5, 0.6) is 0 Å². The first kappa shape index (κ1) is 13.1. The maximum absolute atomic E-state index is 3.71. The molecule has 1 heterocycles. The highest BCUT2D eigenvalue weighted by atomic mass is 15.3. The summed E-state index contributed by atoms with van der Waals surface area (Å²) in [5.74, 6) is 0.872. The monoisotopic (exact) mass is 258 g/mol. The van der Waals surface area contributed by atoms with Gasteiger partial charge in [-0.3, -0.25) is 4.90 Å². The van der Waals surface area contributed by atoms with Gasteiger partial charge in [0.2, 0.25) is 0 Å². The average molecular weight is 258 g/mol. The lowest BCUT2D eigenvalue weighted by atomic mass is 9.97. The zero-order valence-electron chi connectivity index (χ0n) is 12.2. The minimum absolute atomic E-state index is 0.505. The first-order valence-electron chi connectivity index (χ1n) is 7.80. The maximum atomic E-state index is 3.71. The van der Waals surface area contributed by atoms with Crippen molar-refractivity contribution in [3.8, 4) is 0 Å². The average Bonchev–Trinajstić information content (AvgIpc) is 2.86. The fraction of sp³-hybridized carbons (Fsp3) is 0.647. The van der Waals surface area contributed by atoms with Crippen molar-refractivity contribution < 1.29 is 0 Å². The van der Waals surface area contributed by atoms with Crippen molar-refractivity contribution in [3.05, 3.63) is 35.9 Å². The second kappa shape index (κ2) is 5.64. The van der Waals surface area contributed by atoms with Crippen LogP contribution in [0, 0.1) is 5.92 Å². The van der Waals surface area contributed by atoms with E-state index in [1.807, 2.05) is 0 Å². The van der Waals surface area contributed by atoms with Gasteiger partial charge in [0.25, 0.3) is 0 Å². The second-order valence-electron chi connectivity index (χ2n) is 6.39. The van der Waals surface area contributed by atoms with Crippen molar-refractivity contribution in [3.63, 3.8) is 0 Å². The van der Waals surface area contributed by atoms with Crippen LogP contribution in [0.4, 0.5) is 0 Å². The molecule has 4 atom stereocenters. The Hall–Kier alpha value is -0.860. The fourth-order valence-electron chi connectivity index (χ4n) is 3.87. The number of rotatable bonds is 2. The van der Waals surface area contributed by atoms with E-state index in [1.165, 1.54) is 31.4 Å². The van der Waals surface area contributed by atoms with Gasteiger partial charge in [-0.2, -0.15) is 0 Å². The maximum Gasteiger partial charge on any atom is 0.0450 e. The van der Waals surface area contributed by atoms with E-state index in [0.717, 1.165) is 18.5 Å². The first-order chi connectivity index (χ1) is 9.25. The van der Waals surface area contributed by atoms with Gasteiger partial charge in [-0.15, -0.1) is 0 Å². The van der Waals surface area contributed by atoms with E-state index in [0.29, 0.717) is 12.1 Å². The molecule has 1 aliphatic carbocycles. The predicted octanol–water partition coefficient (Wildman–Crippen LogP) is 3.21. The summed E-state index contributed by atoms with van der Waals surface area (Å²) in [6, 6.07) is 12.9. The van der Waals surface area contributed by atoms with Gasteiger partial charge in [-0.05, 0) is 31.2 Å². The molecule has 2 nitrogen and oxygen atoms in total. The molecule has 0 spiro atoms. The van der Waals surface area contributed by atoms with Crippen molar-refractivity contribution in [2.75, 3.05) is 13.1 Å². The molecule has 1 saturated carbocycles. The third-order valence-corrected chi connectivity index (χ3v) is 5.06. The summed E-state index contributed by atoms with van der Waals surface area (Å²) in [7, 11) is 0. The lowest BCUT2D eigenvalue weighted by Gasteiger charge is -2.44. The molecule has 1 aromatic rings. The van der Waals surface area contributed by atoms with Crippen molar-refractivity contribution in [2.24, 2.45) is 5.92 Å². The van der Waals surface area contributed by atoms with Gasteiger partial charge in [0, 0.05) is 31.2 Å². The Morgan fingerprint density at radius 3 is 2.58 bits per heavy atom. The normalized spacial score (nSPS) is 36.5. The molecule has 4 unspecified atom stereocenters. The molecule has 1 aliphatic heterocycles. The van der Waals surface area contributed by atoms with Crippen LogP contribution in [0.2, 0.25) is 0 Å². The lowest BCUT2D eigenvalue weighted by molar-refractivity contribution is 0.0741. The van der Waals surface area contributed by atoms with Crippen LogP contribution in [0.25, 0.3) is 0 Å². The smallest absolute Gasteiger partial charge is 0.0450 e. The zero-order chi connectivity index (χ0) is 13.2. The number of hydrogen-bond acceptors (Lipinski definition) is 2. The highest BCUT2D eigenvalue weighted by Crippen LogP contribution is 2.33. The summed E-state index contributed by atoms with van der Waals surface area (Å²) < 4.78 is 0. The predicted molar refractivity (Wildman–Crippen MR) is 80.2 cm³/mol. The molecule has 1 aromatic carbocycles. The van der Waals surface area contributed by atoms with E-state index in [9.17, 15) is 0 Å². The Labute approximate surface area is 117 Å². The Balaban J connectivity index is 1.74. The minimum atomic E-state index is 0.505. The van der Waals surface area contributed by atoms with E-state index in [4.69, 9.17) is 0 Å². The largest absolute Gasteiger partial charge is 0.307 e. The Morgan fingerprint density at radius 1 is 1.11 bits per heavy atom. The van der Waals surface area contributed by atoms with E-state index in [-0.39, 0.29) is 0 Å². The van der Waals surface area contributed by atoms with Crippen molar-refractivity contribution in [1.29, 1.82) is 0 Å². The Morgan fingerprint density at radius 2 is 1.89 bits per heavy atom. The molecule has 2 fully saturated rings. The summed E-state index contributed by atoms with van der Waals surface area (Å²) in [6.07, 6.45) is 4.23. The zero-order valence-corrected chi connectivity index (χ0v) is 12.2. The van der Waals surface area contributed by atoms with E-state index in [2.05, 4.69) is 54.4 Å². The first-order valence-corrected chi connectivity index (χ1v) is 7.80. The third kappa shape index (κ3) is 2.70. The standard InChI is InChI=1S/C17H26N2/c1-13-7-6-10-17(13)19-12-16(18-11-14(19)2)15-8-4-3-5-9-15/h3-5,8-9,13-14,16-18H,6-7,10-12H2,1-2H3. The van der Waals surface area contributed by atoms with Crippen LogP contribution in [0.15, 0.2) is 30.3 Å². The molecular formula is C17H26N2. The summed E-state index contributed by atoms with van der Waals surface area (Å²) in [6.45, 7) is 7.09. The molecule has 2 heteroatoms. The number of hydrogen-bond donors (Lipinski definition) is 1. The van der Waals surface area contributed by atoms with Gasteiger partial charge in [-0.1, -0.05) is 43.7 Å². The minimum Gasteiger partial charge on any atom is -0.307 e. The van der Waals surface area contributed by atoms with Crippen LogP contribution >= 0.6 is 0 Å². The number of nitrogens with zero attached hydrogens (tertiary/aromatic N) is 1. The molecule has 1 N–H and O–H groups in total. The van der Waals surface area contributed by atoms with E-state index in [1.54, 1.807) is 0 Å². The Bertz CT molecular complexity index is 403. The summed E-state index contributed by atoms with van der Waals surface area (Å²) in [5, 5.41) is 3.71.